The number of hydrogen-bond acceptors (Lipinski definition) is 2. The SMILES string of the molecule is CC(=Cc1c(C)ccc(C(C)(C)C)c1O)c1c(C)ccc(C(C)(C)C)c1O. The maximum atomic E-state index is 11.0. The van der Waals surface area contributed by atoms with Gasteiger partial charge in [0.2, 0.25) is 0 Å². The van der Waals surface area contributed by atoms with Crippen molar-refractivity contribution in [2.75, 3.05) is 0 Å². The van der Waals surface area contributed by atoms with Crippen LogP contribution in [0, 0.1) is 13.8 Å². The molecule has 0 heterocycles. The number of allylic oxidation sites excluding steroid dienone is 1. The summed E-state index contributed by atoms with van der Waals surface area (Å²) in [7, 11) is 0. The molecule has 0 amide bonds. The van der Waals surface area contributed by atoms with Gasteiger partial charge in [-0.1, -0.05) is 65.8 Å². The number of phenolic OH excluding ortho intramolecular Hbond substituents is 2. The highest BCUT2D eigenvalue weighted by Crippen LogP contribution is 2.41. The molecular formula is C25H34O2. The van der Waals surface area contributed by atoms with E-state index < -0.39 is 0 Å². The summed E-state index contributed by atoms with van der Waals surface area (Å²) in [5.41, 5.74) is 6.23. The molecule has 2 rings (SSSR count). The zero-order valence-electron chi connectivity index (χ0n) is 18.3. The molecule has 2 aromatic rings. The largest absolute Gasteiger partial charge is 0.507 e. The molecule has 2 aromatic carbocycles. The number of aryl methyl sites for hydroxylation is 2. The monoisotopic (exact) mass is 366 g/mol. The third-order valence-corrected chi connectivity index (χ3v) is 5.19. The first-order chi connectivity index (χ1) is 12.2. The Bertz CT molecular complexity index is 888. The van der Waals surface area contributed by atoms with Crippen LogP contribution < -0.4 is 0 Å². The van der Waals surface area contributed by atoms with Crippen molar-refractivity contribution in [1.29, 1.82) is 0 Å². The lowest BCUT2D eigenvalue weighted by Gasteiger charge is -2.24. The number of phenols is 2. The van der Waals surface area contributed by atoms with Crippen LogP contribution in [-0.2, 0) is 10.8 Å². The lowest BCUT2D eigenvalue weighted by atomic mass is 9.82. The van der Waals surface area contributed by atoms with E-state index in [1.165, 1.54) is 0 Å². The van der Waals surface area contributed by atoms with Gasteiger partial charge in [-0.15, -0.1) is 0 Å². The molecule has 0 aromatic heterocycles. The first-order valence-corrected chi connectivity index (χ1v) is 9.60. The van der Waals surface area contributed by atoms with Crippen molar-refractivity contribution in [3.8, 4) is 11.5 Å². The Labute approximate surface area is 164 Å². The van der Waals surface area contributed by atoms with Crippen molar-refractivity contribution in [1.82, 2.24) is 0 Å². The van der Waals surface area contributed by atoms with Gasteiger partial charge < -0.3 is 10.2 Å². The standard InChI is InChI=1S/C25H34O2/c1-15-10-12-19(24(4,5)6)22(26)18(15)14-17(3)21-16(2)11-13-20(23(21)27)25(7,8)9/h10-14,26-27H,1-9H3. The molecule has 2 nitrogen and oxygen atoms in total. The van der Waals surface area contributed by atoms with E-state index in [2.05, 4.69) is 53.7 Å². The minimum Gasteiger partial charge on any atom is -0.507 e. The second kappa shape index (κ2) is 7.07. The van der Waals surface area contributed by atoms with E-state index >= 15 is 0 Å². The normalized spacial score (nSPS) is 13.1. The van der Waals surface area contributed by atoms with Crippen LogP contribution in [0.5, 0.6) is 11.5 Å². The minimum atomic E-state index is -0.142. The Hall–Kier alpha value is -2.22. The molecule has 0 radical (unpaired) electrons. The third-order valence-electron chi connectivity index (χ3n) is 5.19. The highest BCUT2D eigenvalue weighted by Gasteiger charge is 2.23. The summed E-state index contributed by atoms with van der Waals surface area (Å²) < 4.78 is 0. The van der Waals surface area contributed by atoms with Crippen molar-refractivity contribution < 1.29 is 10.2 Å². The van der Waals surface area contributed by atoms with Gasteiger partial charge in [0.1, 0.15) is 11.5 Å². The molecule has 0 unspecified atom stereocenters. The average molecular weight is 367 g/mol. The topological polar surface area (TPSA) is 40.5 Å². The molecule has 0 saturated carbocycles. The Kier molecular flexibility index (Phi) is 5.52. The number of aromatic hydroxyl groups is 2. The van der Waals surface area contributed by atoms with Crippen LogP contribution in [0.4, 0.5) is 0 Å². The molecule has 0 atom stereocenters. The second-order valence-electron chi connectivity index (χ2n) is 9.67. The predicted octanol–water partition coefficient (Wildman–Crippen LogP) is 6.87. The summed E-state index contributed by atoms with van der Waals surface area (Å²) in [4.78, 5) is 0. The van der Waals surface area contributed by atoms with E-state index in [1.54, 1.807) is 0 Å². The number of rotatable bonds is 2. The zero-order chi connectivity index (χ0) is 20.7. The van der Waals surface area contributed by atoms with E-state index in [9.17, 15) is 10.2 Å². The minimum absolute atomic E-state index is 0.140. The van der Waals surface area contributed by atoms with Crippen LogP contribution in [0.1, 0.15) is 81.8 Å². The third kappa shape index (κ3) is 4.21. The molecule has 0 aliphatic heterocycles. The molecule has 0 bridgehead atoms. The first kappa shape index (κ1) is 21.1. The van der Waals surface area contributed by atoms with E-state index in [4.69, 9.17) is 0 Å². The van der Waals surface area contributed by atoms with Gasteiger partial charge in [0, 0.05) is 11.1 Å². The van der Waals surface area contributed by atoms with Crippen molar-refractivity contribution >= 4 is 11.6 Å². The predicted molar refractivity (Wildman–Crippen MR) is 117 cm³/mol. The van der Waals surface area contributed by atoms with Gasteiger partial charge in [0.25, 0.3) is 0 Å². The fourth-order valence-electron chi connectivity index (χ4n) is 3.58. The molecule has 146 valence electrons. The molecule has 0 aliphatic rings. The Morgan fingerprint density at radius 1 is 0.741 bits per heavy atom. The second-order valence-corrected chi connectivity index (χ2v) is 9.67. The van der Waals surface area contributed by atoms with Gasteiger partial charge in [-0.2, -0.15) is 0 Å². The summed E-state index contributed by atoms with van der Waals surface area (Å²) in [6.45, 7) is 18.6. The first-order valence-electron chi connectivity index (χ1n) is 9.60. The van der Waals surface area contributed by atoms with Gasteiger partial charge in [0.15, 0.2) is 0 Å². The van der Waals surface area contributed by atoms with Crippen molar-refractivity contribution in [2.45, 2.75) is 73.1 Å². The molecule has 2 heteroatoms. The van der Waals surface area contributed by atoms with E-state index in [1.807, 2.05) is 39.0 Å². The van der Waals surface area contributed by atoms with Crippen molar-refractivity contribution in [3.63, 3.8) is 0 Å². The van der Waals surface area contributed by atoms with Crippen LogP contribution >= 0.6 is 0 Å². The maximum absolute atomic E-state index is 11.0. The summed E-state index contributed by atoms with van der Waals surface area (Å²) in [6, 6.07) is 8.12. The van der Waals surface area contributed by atoms with E-state index in [0.29, 0.717) is 11.5 Å². The van der Waals surface area contributed by atoms with E-state index in [0.717, 1.165) is 39.0 Å². The van der Waals surface area contributed by atoms with E-state index in [-0.39, 0.29) is 10.8 Å². The van der Waals surface area contributed by atoms with Crippen molar-refractivity contribution in [3.05, 3.63) is 57.6 Å². The lowest BCUT2D eigenvalue weighted by molar-refractivity contribution is 0.443. The number of benzene rings is 2. The molecule has 0 spiro atoms. The summed E-state index contributed by atoms with van der Waals surface area (Å²) in [5.74, 6) is 0.659. The molecular weight excluding hydrogens is 332 g/mol. The molecule has 0 fully saturated rings. The lowest BCUT2D eigenvalue weighted by Crippen LogP contribution is -2.12. The fourth-order valence-corrected chi connectivity index (χ4v) is 3.58. The van der Waals surface area contributed by atoms with Crippen LogP contribution in [0.25, 0.3) is 11.6 Å². The van der Waals surface area contributed by atoms with Crippen LogP contribution in [0.3, 0.4) is 0 Å². The van der Waals surface area contributed by atoms with Crippen LogP contribution in [0.15, 0.2) is 24.3 Å². The number of hydrogen-bond donors (Lipinski definition) is 2. The summed E-state index contributed by atoms with van der Waals surface area (Å²) in [5, 5.41) is 21.9. The quantitative estimate of drug-likeness (QED) is 0.569. The Morgan fingerprint density at radius 2 is 1.19 bits per heavy atom. The molecule has 0 saturated heterocycles. The summed E-state index contributed by atoms with van der Waals surface area (Å²) >= 11 is 0. The average Bonchev–Trinajstić information content (AvgIpc) is 2.48. The van der Waals surface area contributed by atoms with Crippen LogP contribution in [0.2, 0.25) is 0 Å². The highest BCUT2D eigenvalue weighted by atomic mass is 16.3. The van der Waals surface area contributed by atoms with Crippen LogP contribution in [-0.4, -0.2) is 10.2 Å². The smallest absolute Gasteiger partial charge is 0.127 e. The fraction of sp³-hybridized carbons (Fsp3) is 0.440. The van der Waals surface area contributed by atoms with Gasteiger partial charge in [-0.25, -0.2) is 0 Å². The van der Waals surface area contributed by atoms with Gasteiger partial charge in [0.05, 0.1) is 0 Å². The maximum Gasteiger partial charge on any atom is 0.127 e. The van der Waals surface area contributed by atoms with Gasteiger partial charge in [-0.05, 0) is 65.5 Å². The molecule has 2 N–H and O–H groups in total. The zero-order valence-corrected chi connectivity index (χ0v) is 18.3. The van der Waals surface area contributed by atoms with Gasteiger partial charge >= 0.3 is 0 Å². The molecule has 0 aliphatic carbocycles. The summed E-state index contributed by atoms with van der Waals surface area (Å²) in [6.07, 6.45) is 1.99. The highest BCUT2D eigenvalue weighted by molar-refractivity contribution is 5.87. The molecule has 27 heavy (non-hydrogen) atoms. The Balaban J connectivity index is 2.70. The Morgan fingerprint density at radius 3 is 1.67 bits per heavy atom. The van der Waals surface area contributed by atoms with Gasteiger partial charge in [-0.3, -0.25) is 0 Å². The van der Waals surface area contributed by atoms with Crippen molar-refractivity contribution in [2.24, 2.45) is 0 Å².